The predicted octanol–water partition coefficient (Wildman–Crippen LogP) is 3.03. The van der Waals surface area contributed by atoms with E-state index in [-0.39, 0.29) is 17.7 Å². The standard InChI is InChI=1S/C32H38N4O4/c1-2-40-27-16-12-23(13-17-27)19-29(35-30(37)26-14-15-26)32(39)36-28(18-22-6-4-3-5-7-22)31(38)34-21-25-10-8-24(20-33)9-11-25/h3-13,16-17,26,28-29H,2,14-15,18-21,33H2,1H3,(H,34,38)(H,35,37)(H,36,39)/t28-,29+/m0/s1. The molecule has 0 saturated heterocycles. The van der Waals surface area contributed by atoms with Crippen LogP contribution in [0.1, 0.15) is 42.0 Å². The molecular formula is C32H38N4O4. The highest BCUT2D eigenvalue weighted by molar-refractivity contribution is 5.93. The van der Waals surface area contributed by atoms with Crippen molar-refractivity contribution in [2.45, 2.75) is 57.8 Å². The highest BCUT2D eigenvalue weighted by Gasteiger charge is 2.34. The highest BCUT2D eigenvalue weighted by Crippen LogP contribution is 2.29. The van der Waals surface area contributed by atoms with Crippen LogP contribution in [-0.2, 0) is 40.3 Å². The van der Waals surface area contributed by atoms with E-state index in [2.05, 4.69) is 16.0 Å². The van der Waals surface area contributed by atoms with Crippen molar-refractivity contribution in [2.75, 3.05) is 6.61 Å². The number of carbonyl (C=O) groups excluding carboxylic acids is 3. The molecule has 1 fully saturated rings. The first-order valence-electron chi connectivity index (χ1n) is 13.9. The van der Waals surface area contributed by atoms with E-state index >= 15 is 0 Å². The molecule has 8 heteroatoms. The third-order valence-electron chi connectivity index (χ3n) is 6.90. The van der Waals surface area contributed by atoms with Gasteiger partial charge in [-0.3, -0.25) is 14.4 Å². The SMILES string of the molecule is CCOc1ccc(C[C@@H](NC(=O)C2CC2)C(=O)N[C@@H](Cc2ccccc2)C(=O)NCc2ccc(CN)cc2)cc1. The molecule has 40 heavy (non-hydrogen) atoms. The summed E-state index contributed by atoms with van der Waals surface area (Å²) < 4.78 is 5.52. The van der Waals surface area contributed by atoms with E-state index in [1.54, 1.807) is 0 Å². The van der Waals surface area contributed by atoms with Crippen LogP contribution in [0.4, 0.5) is 0 Å². The third-order valence-corrected chi connectivity index (χ3v) is 6.90. The van der Waals surface area contributed by atoms with Crippen LogP contribution in [0.5, 0.6) is 5.75 Å². The van der Waals surface area contributed by atoms with E-state index in [0.29, 0.717) is 32.5 Å². The zero-order chi connectivity index (χ0) is 28.3. The number of hydrogen-bond donors (Lipinski definition) is 4. The molecule has 4 rings (SSSR count). The maximum absolute atomic E-state index is 13.6. The highest BCUT2D eigenvalue weighted by atomic mass is 16.5. The zero-order valence-electron chi connectivity index (χ0n) is 22.9. The Kier molecular flexibility index (Phi) is 10.3. The number of nitrogens with two attached hydrogens (primary N) is 1. The van der Waals surface area contributed by atoms with Gasteiger partial charge < -0.3 is 26.4 Å². The predicted molar refractivity (Wildman–Crippen MR) is 154 cm³/mol. The minimum Gasteiger partial charge on any atom is -0.494 e. The number of amides is 3. The monoisotopic (exact) mass is 542 g/mol. The molecule has 1 aliphatic rings. The number of rotatable bonds is 14. The second-order valence-corrected chi connectivity index (χ2v) is 10.1. The van der Waals surface area contributed by atoms with Gasteiger partial charge in [0.25, 0.3) is 0 Å². The molecule has 0 aliphatic heterocycles. The first kappa shape index (κ1) is 28.8. The maximum atomic E-state index is 13.6. The van der Waals surface area contributed by atoms with Crippen LogP contribution in [0.25, 0.3) is 0 Å². The lowest BCUT2D eigenvalue weighted by atomic mass is 10.0. The Labute approximate surface area is 235 Å². The van der Waals surface area contributed by atoms with Crippen molar-refractivity contribution >= 4 is 17.7 Å². The minimum absolute atomic E-state index is 0.0512. The molecule has 1 saturated carbocycles. The Morgan fingerprint density at radius 2 is 1.35 bits per heavy atom. The average Bonchev–Trinajstić information content (AvgIpc) is 3.83. The van der Waals surface area contributed by atoms with Gasteiger partial charge in [0.15, 0.2) is 0 Å². The van der Waals surface area contributed by atoms with Gasteiger partial charge >= 0.3 is 0 Å². The normalized spacial score (nSPS) is 14.1. The number of hydrogen-bond acceptors (Lipinski definition) is 5. The van der Waals surface area contributed by atoms with Crippen LogP contribution in [0, 0.1) is 5.92 Å². The Morgan fingerprint density at radius 3 is 1.95 bits per heavy atom. The van der Waals surface area contributed by atoms with Crippen LogP contribution in [0.2, 0.25) is 0 Å². The molecule has 0 unspecified atom stereocenters. The summed E-state index contributed by atoms with van der Waals surface area (Å²) in [6, 6.07) is 23.1. The summed E-state index contributed by atoms with van der Waals surface area (Å²) in [7, 11) is 0. The lowest BCUT2D eigenvalue weighted by Gasteiger charge is -2.24. The number of carbonyl (C=O) groups is 3. The van der Waals surface area contributed by atoms with E-state index < -0.39 is 18.0 Å². The van der Waals surface area contributed by atoms with Crippen molar-refractivity contribution in [1.29, 1.82) is 0 Å². The topological polar surface area (TPSA) is 123 Å². The number of ether oxygens (including phenoxy) is 1. The van der Waals surface area contributed by atoms with Crippen molar-refractivity contribution in [3.8, 4) is 5.75 Å². The quantitative estimate of drug-likeness (QED) is 0.249. The van der Waals surface area contributed by atoms with Gasteiger partial charge in [0.1, 0.15) is 17.8 Å². The van der Waals surface area contributed by atoms with Crippen LogP contribution in [0.3, 0.4) is 0 Å². The molecule has 0 radical (unpaired) electrons. The van der Waals surface area contributed by atoms with E-state index in [4.69, 9.17) is 10.5 Å². The third kappa shape index (κ3) is 8.68. The summed E-state index contributed by atoms with van der Waals surface area (Å²) in [4.78, 5) is 39.6. The summed E-state index contributed by atoms with van der Waals surface area (Å²) >= 11 is 0. The van der Waals surface area contributed by atoms with Gasteiger partial charge in [0.05, 0.1) is 6.61 Å². The maximum Gasteiger partial charge on any atom is 0.243 e. The summed E-state index contributed by atoms with van der Waals surface area (Å²) in [6.07, 6.45) is 2.27. The van der Waals surface area contributed by atoms with Gasteiger partial charge in [-0.1, -0.05) is 66.7 Å². The first-order valence-corrected chi connectivity index (χ1v) is 13.9. The molecule has 210 valence electrons. The average molecular weight is 543 g/mol. The molecule has 3 amide bonds. The van der Waals surface area contributed by atoms with Crippen LogP contribution >= 0.6 is 0 Å². The Balaban J connectivity index is 1.47. The molecular weight excluding hydrogens is 504 g/mol. The second kappa shape index (κ2) is 14.3. The smallest absolute Gasteiger partial charge is 0.243 e. The summed E-state index contributed by atoms with van der Waals surface area (Å²) in [5.41, 5.74) is 9.42. The molecule has 0 heterocycles. The Hall–Kier alpha value is -4.17. The Morgan fingerprint density at radius 1 is 0.775 bits per heavy atom. The summed E-state index contributed by atoms with van der Waals surface area (Å²) in [5, 5.41) is 8.80. The van der Waals surface area contributed by atoms with Crippen LogP contribution < -0.4 is 26.4 Å². The first-order chi connectivity index (χ1) is 19.4. The molecule has 2 atom stereocenters. The summed E-state index contributed by atoms with van der Waals surface area (Å²) in [5.74, 6) is -0.132. The zero-order valence-corrected chi connectivity index (χ0v) is 22.9. The van der Waals surface area contributed by atoms with Gasteiger partial charge in [-0.2, -0.15) is 0 Å². The van der Waals surface area contributed by atoms with E-state index in [1.165, 1.54) is 0 Å². The number of benzene rings is 3. The second-order valence-electron chi connectivity index (χ2n) is 10.1. The van der Waals surface area contributed by atoms with E-state index in [9.17, 15) is 14.4 Å². The van der Waals surface area contributed by atoms with E-state index in [1.807, 2.05) is 85.8 Å². The fourth-order valence-corrected chi connectivity index (χ4v) is 4.41. The van der Waals surface area contributed by atoms with Gasteiger partial charge in [-0.15, -0.1) is 0 Å². The summed E-state index contributed by atoms with van der Waals surface area (Å²) in [6.45, 7) is 3.25. The van der Waals surface area contributed by atoms with Gasteiger partial charge in [0, 0.05) is 31.8 Å². The fourth-order valence-electron chi connectivity index (χ4n) is 4.41. The molecule has 3 aromatic rings. The van der Waals surface area contributed by atoms with Crippen LogP contribution in [-0.4, -0.2) is 36.4 Å². The lowest BCUT2D eigenvalue weighted by Crippen LogP contribution is -2.55. The Bertz CT molecular complexity index is 1260. The van der Waals surface area contributed by atoms with Gasteiger partial charge in [-0.05, 0) is 54.2 Å². The van der Waals surface area contributed by atoms with E-state index in [0.717, 1.165) is 40.8 Å². The van der Waals surface area contributed by atoms with Crippen molar-refractivity contribution in [1.82, 2.24) is 16.0 Å². The molecule has 8 nitrogen and oxygen atoms in total. The van der Waals surface area contributed by atoms with Gasteiger partial charge in [-0.25, -0.2) is 0 Å². The van der Waals surface area contributed by atoms with Crippen molar-refractivity contribution in [3.05, 3.63) is 101 Å². The van der Waals surface area contributed by atoms with Crippen molar-refractivity contribution in [3.63, 3.8) is 0 Å². The molecule has 5 N–H and O–H groups in total. The molecule has 0 bridgehead atoms. The van der Waals surface area contributed by atoms with Crippen molar-refractivity contribution in [2.24, 2.45) is 11.7 Å². The van der Waals surface area contributed by atoms with Crippen molar-refractivity contribution < 1.29 is 19.1 Å². The molecule has 3 aromatic carbocycles. The largest absolute Gasteiger partial charge is 0.494 e. The molecule has 0 aromatic heterocycles. The lowest BCUT2D eigenvalue weighted by molar-refractivity contribution is -0.132. The molecule has 1 aliphatic carbocycles. The fraction of sp³-hybridized carbons (Fsp3) is 0.344. The van der Waals surface area contributed by atoms with Gasteiger partial charge in [0.2, 0.25) is 17.7 Å². The molecule has 0 spiro atoms. The minimum atomic E-state index is -0.820. The van der Waals surface area contributed by atoms with Crippen LogP contribution in [0.15, 0.2) is 78.9 Å². The number of nitrogens with one attached hydrogen (secondary N) is 3.